The zero-order valence-corrected chi connectivity index (χ0v) is 18.0. The monoisotopic (exact) mass is 437 g/mol. The first-order valence-electron chi connectivity index (χ1n) is 8.95. The minimum atomic E-state index is -3.48. The summed E-state index contributed by atoms with van der Waals surface area (Å²) in [6.07, 6.45) is 0.141. The molecule has 0 saturated carbocycles. The summed E-state index contributed by atoms with van der Waals surface area (Å²) in [5.74, 6) is -0.0820. The Morgan fingerprint density at radius 3 is 2.55 bits per heavy atom. The maximum atomic E-state index is 12.5. The fourth-order valence-electron chi connectivity index (χ4n) is 2.99. The topological polar surface area (TPSA) is 96.0 Å². The molecule has 3 rings (SSSR count). The third kappa shape index (κ3) is 4.60. The van der Waals surface area contributed by atoms with E-state index in [2.05, 4.69) is 5.32 Å². The number of sulfonamides is 1. The number of amides is 2. The van der Waals surface area contributed by atoms with Crippen LogP contribution in [0.25, 0.3) is 0 Å². The zero-order valence-electron chi connectivity index (χ0n) is 16.4. The molecule has 1 atom stereocenters. The van der Waals surface area contributed by atoms with Crippen molar-refractivity contribution in [2.24, 2.45) is 5.92 Å². The third-order valence-electron chi connectivity index (χ3n) is 4.69. The van der Waals surface area contributed by atoms with Gasteiger partial charge < -0.3 is 15.0 Å². The van der Waals surface area contributed by atoms with Crippen LogP contribution >= 0.6 is 11.3 Å². The summed E-state index contributed by atoms with van der Waals surface area (Å²) >= 11 is 1.12. The molecule has 8 nitrogen and oxygen atoms in total. The molecular weight excluding hydrogens is 414 g/mol. The highest BCUT2D eigenvalue weighted by Gasteiger charge is 2.35. The van der Waals surface area contributed by atoms with E-state index in [1.54, 1.807) is 42.3 Å². The Hall–Kier alpha value is -2.43. The van der Waals surface area contributed by atoms with Gasteiger partial charge in [0.25, 0.3) is 10.0 Å². The van der Waals surface area contributed by atoms with Crippen molar-refractivity contribution < 1.29 is 22.7 Å². The molecule has 0 spiro atoms. The van der Waals surface area contributed by atoms with Crippen LogP contribution in [0.15, 0.2) is 40.6 Å². The van der Waals surface area contributed by atoms with Gasteiger partial charge >= 0.3 is 0 Å². The van der Waals surface area contributed by atoms with Gasteiger partial charge in [-0.2, -0.15) is 0 Å². The number of methoxy groups -OCH3 is 1. The highest BCUT2D eigenvalue weighted by Crippen LogP contribution is 2.27. The molecule has 10 heteroatoms. The summed E-state index contributed by atoms with van der Waals surface area (Å²) in [6.45, 7) is 0.529. The van der Waals surface area contributed by atoms with Crippen molar-refractivity contribution in [1.82, 2.24) is 9.62 Å². The van der Waals surface area contributed by atoms with Gasteiger partial charge in [-0.05, 0) is 36.4 Å². The Kier molecular flexibility index (Phi) is 6.25. The van der Waals surface area contributed by atoms with Crippen LogP contribution in [0.2, 0.25) is 0 Å². The van der Waals surface area contributed by atoms with Crippen molar-refractivity contribution in [3.63, 3.8) is 0 Å². The Labute approximate surface area is 174 Å². The number of nitrogens with zero attached hydrogens (tertiary/aromatic N) is 2. The van der Waals surface area contributed by atoms with Crippen LogP contribution < -0.4 is 15.0 Å². The first-order chi connectivity index (χ1) is 13.7. The molecular formula is C19H23N3O5S2. The molecule has 1 fully saturated rings. The molecule has 1 aromatic heterocycles. The van der Waals surface area contributed by atoms with Crippen LogP contribution in [0, 0.1) is 5.92 Å². The van der Waals surface area contributed by atoms with Gasteiger partial charge in [-0.25, -0.2) is 12.7 Å². The molecule has 156 valence electrons. The average Bonchev–Trinajstić information content (AvgIpc) is 3.33. The summed E-state index contributed by atoms with van der Waals surface area (Å²) in [6, 6.07) is 10.3. The van der Waals surface area contributed by atoms with Crippen LogP contribution in [-0.4, -0.2) is 52.3 Å². The molecule has 1 N–H and O–H groups in total. The Balaban J connectivity index is 1.59. The van der Waals surface area contributed by atoms with Gasteiger partial charge in [0.15, 0.2) is 0 Å². The number of anilines is 1. The number of thiophene rings is 1. The van der Waals surface area contributed by atoms with E-state index in [0.29, 0.717) is 12.3 Å². The van der Waals surface area contributed by atoms with Crippen molar-refractivity contribution in [3.05, 3.63) is 41.3 Å². The van der Waals surface area contributed by atoms with Crippen molar-refractivity contribution in [1.29, 1.82) is 0 Å². The van der Waals surface area contributed by atoms with Crippen LogP contribution in [-0.2, 0) is 26.2 Å². The maximum absolute atomic E-state index is 12.5. The van der Waals surface area contributed by atoms with E-state index in [4.69, 9.17) is 4.74 Å². The average molecular weight is 438 g/mol. The van der Waals surface area contributed by atoms with Gasteiger partial charge in [-0.1, -0.05) is 0 Å². The standard InChI is InChI=1S/C19H23N3O5S2/c1-21(2)29(25,26)18-9-8-16(28-18)11-20-19(24)13-10-17(23)22(12-13)14-4-6-15(27-3)7-5-14/h4-9,13H,10-12H2,1-3H3,(H,20,24). The quantitative estimate of drug-likeness (QED) is 0.711. The smallest absolute Gasteiger partial charge is 0.252 e. The molecule has 1 aliphatic rings. The molecule has 0 aliphatic carbocycles. The number of hydrogen-bond donors (Lipinski definition) is 1. The third-order valence-corrected chi connectivity index (χ3v) is 8.06. The summed E-state index contributed by atoms with van der Waals surface area (Å²) in [5.41, 5.74) is 0.725. The SMILES string of the molecule is COc1ccc(N2CC(C(=O)NCc3ccc(S(=O)(=O)N(C)C)s3)CC2=O)cc1. The van der Waals surface area contributed by atoms with E-state index in [1.807, 2.05) is 0 Å². The van der Waals surface area contributed by atoms with Crippen molar-refractivity contribution in [3.8, 4) is 5.75 Å². The van der Waals surface area contributed by atoms with Crippen molar-refractivity contribution in [2.45, 2.75) is 17.2 Å². The second kappa shape index (κ2) is 8.52. The molecule has 0 bridgehead atoms. The van der Waals surface area contributed by atoms with Crippen molar-refractivity contribution in [2.75, 3.05) is 32.6 Å². The van der Waals surface area contributed by atoms with E-state index in [0.717, 1.165) is 26.2 Å². The van der Waals surface area contributed by atoms with E-state index in [-0.39, 0.29) is 29.0 Å². The molecule has 29 heavy (non-hydrogen) atoms. The summed E-state index contributed by atoms with van der Waals surface area (Å²) in [7, 11) is 1.04. The highest BCUT2D eigenvalue weighted by molar-refractivity contribution is 7.91. The largest absolute Gasteiger partial charge is 0.497 e. The van der Waals surface area contributed by atoms with E-state index in [1.165, 1.54) is 20.2 Å². The molecule has 1 aliphatic heterocycles. The predicted molar refractivity (Wildman–Crippen MR) is 110 cm³/mol. The number of nitrogens with one attached hydrogen (secondary N) is 1. The number of rotatable bonds is 7. The Bertz CT molecular complexity index is 999. The summed E-state index contributed by atoms with van der Waals surface area (Å²) < 4.78 is 30.8. The molecule has 1 aromatic carbocycles. The number of benzene rings is 1. The number of carbonyl (C=O) groups is 2. The van der Waals surface area contributed by atoms with Crippen LogP contribution in [0.4, 0.5) is 5.69 Å². The first-order valence-corrected chi connectivity index (χ1v) is 11.2. The molecule has 0 radical (unpaired) electrons. The lowest BCUT2D eigenvalue weighted by Crippen LogP contribution is -2.32. The minimum Gasteiger partial charge on any atom is -0.497 e. The number of hydrogen-bond acceptors (Lipinski definition) is 6. The van der Waals surface area contributed by atoms with Crippen LogP contribution in [0.1, 0.15) is 11.3 Å². The molecule has 1 unspecified atom stereocenters. The summed E-state index contributed by atoms with van der Waals surface area (Å²) in [5, 5.41) is 2.81. The second-order valence-corrected chi connectivity index (χ2v) is 10.4. The minimum absolute atomic E-state index is 0.106. The fourth-order valence-corrected chi connectivity index (χ4v) is 5.45. The van der Waals surface area contributed by atoms with Crippen LogP contribution in [0.5, 0.6) is 5.75 Å². The Morgan fingerprint density at radius 1 is 1.24 bits per heavy atom. The summed E-state index contributed by atoms with van der Waals surface area (Å²) in [4.78, 5) is 27.2. The zero-order chi connectivity index (χ0) is 21.2. The molecule has 2 amide bonds. The second-order valence-electron chi connectivity index (χ2n) is 6.83. The molecule has 2 heterocycles. The highest BCUT2D eigenvalue weighted by atomic mass is 32.2. The van der Waals surface area contributed by atoms with Gasteiger partial charge in [-0.3, -0.25) is 9.59 Å². The van der Waals surface area contributed by atoms with E-state index >= 15 is 0 Å². The maximum Gasteiger partial charge on any atom is 0.252 e. The lowest BCUT2D eigenvalue weighted by atomic mass is 10.1. The first kappa shape index (κ1) is 21.3. The Morgan fingerprint density at radius 2 is 1.93 bits per heavy atom. The molecule has 1 saturated heterocycles. The van der Waals surface area contributed by atoms with Gasteiger partial charge in [-0.15, -0.1) is 11.3 Å². The lowest BCUT2D eigenvalue weighted by Gasteiger charge is -2.17. The van der Waals surface area contributed by atoms with E-state index < -0.39 is 15.9 Å². The van der Waals surface area contributed by atoms with Crippen LogP contribution in [0.3, 0.4) is 0 Å². The predicted octanol–water partition coefficient (Wildman–Crippen LogP) is 1.68. The molecule has 2 aromatic rings. The van der Waals surface area contributed by atoms with Crippen molar-refractivity contribution >= 4 is 38.9 Å². The van der Waals surface area contributed by atoms with Gasteiger partial charge in [0, 0.05) is 37.6 Å². The van der Waals surface area contributed by atoms with Gasteiger partial charge in [0.2, 0.25) is 11.8 Å². The number of carbonyl (C=O) groups excluding carboxylic acids is 2. The van der Waals surface area contributed by atoms with Gasteiger partial charge in [0.1, 0.15) is 9.96 Å². The van der Waals surface area contributed by atoms with E-state index in [9.17, 15) is 18.0 Å². The fraction of sp³-hybridized carbons (Fsp3) is 0.368. The van der Waals surface area contributed by atoms with Gasteiger partial charge in [0.05, 0.1) is 19.6 Å². The normalized spacial score (nSPS) is 17.0. The lowest BCUT2D eigenvalue weighted by molar-refractivity contribution is -0.126. The number of ether oxygens (including phenoxy) is 1.